The number of aromatic nitrogens is 2. The Morgan fingerprint density at radius 3 is 2.77 bits per heavy atom. The highest BCUT2D eigenvalue weighted by Gasteiger charge is 2.25. The van der Waals surface area contributed by atoms with Crippen LogP contribution >= 0.6 is 11.6 Å². The molecule has 0 aliphatic rings. The third-order valence-electron chi connectivity index (χ3n) is 4.08. The van der Waals surface area contributed by atoms with Crippen molar-refractivity contribution in [2.45, 2.75) is 13.5 Å². The number of carbonyl (C=O) groups is 1. The molecular weight excluding hydrogens is 408 g/mol. The van der Waals surface area contributed by atoms with E-state index in [1.165, 1.54) is 6.26 Å². The van der Waals surface area contributed by atoms with Crippen molar-refractivity contribution in [2.75, 3.05) is 37.5 Å². The van der Waals surface area contributed by atoms with E-state index in [0.29, 0.717) is 47.9 Å². The van der Waals surface area contributed by atoms with Crippen LogP contribution in [0.25, 0.3) is 11.5 Å². The number of anilines is 2. The fourth-order valence-electron chi connectivity index (χ4n) is 2.75. The zero-order valence-corrected chi connectivity index (χ0v) is 17.5. The summed E-state index contributed by atoms with van der Waals surface area (Å²) < 4.78 is 15.8. The zero-order valence-electron chi connectivity index (χ0n) is 16.8. The third-order valence-corrected chi connectivity index (χ3v) is 4.32. The molecule has 158 valence electrons. The maximum Gasteiger partial charge on any atom is 0.344 e. The number of esters is 1. The Morgan fingerprint density at radius 1 is 1.20 bits per heavy atom. The van der Waals surface area contributed by atoms with Crippen LogP contribution in [-0.4, -0.2) is 42.8 Å². The first-order valence-corrected chi connectivity index (χ1v) is 9.84. The van der Waals surface area contributed by atoms with E-state index in [1.54, 1.807) is 32.2 Å². The van der Waals surface area contributed by atoms with Gasteiger partial charge in [-0.3, -0.25) is 0 Å². The standard InChI is InChI=1S/C21H23ClN4O4/c1-3-29-20(27)17-18(16-8-5-10-30-16)25-21(23-9-11-28-2)26-19(17)24-13-14-6-4-7-15(22)12-14/h4-8,10,12H,3,9,11,13H2,1-2H3,(H2,23,24,25,26). The second-order valence-electron chi connectivity index (χ2n) is 6.22. The summed E-state index contributed by atoms with van der Waals surface area (Å²) in [5, 5.41) is 6.92. The quantitative estimate of drug-likeness (QED) is 0.364. The minimum Gasteiger partial charge on any atom is -0.463 e. The molecule has 0 fully saturated rings. The van der Waals surface area contributed by atoms with Crippen LogP contribution in [-0.2, 0) is 16.0 Å². The Kier molecular flexibility index (Phi) is 7.64. The Labute approximate surface area is 179 Å². The molecule has 0 bridgehead atoms. The van der Waals surface area contributed by atoms with Crippen molar-refractivity contribution in [1.29, 1.82) is 0 Å². The Morgan fingerprint density at radius 2 is 2.07 bits per heavy atom. The SMILES string of the molecule is CCOC(=O)c1c(NCc2cccc(Cl)c2)nc(NCCOC)nc1-c1ccco1. The van der Waals surface area contributed by atoms with Gasteiger partial charge in [0.05, 0.1) is 19.5 Å². The van der Waals surface area contributed by atoms with Gasteiger partial charge in [-0.05, 0) is 36.8 Å². The first kappa shape index (κ1) is 21.6. The van der Waals surface area contributed by atoms with Crippen LogP contribution in [0.1, 0.15) is 22.8 Å². The number of hydrogen-bond acceptors (Lipinski definition) is 8. The van der Waals surface area contributed by atoms with Gasteiger partial charge in [0.25, 0.3) is 0 Å². The van der Waals surface area contributed by atoms with Gasteiger partial charge in [0.1, 0.15) is 17.1 Å². The van der Waals surface area contributed by atoms with Crippen LogP contribution in [0.3, 0.4) is 0 Å². The van der Waals surface area contributed by atoms with Gasteiger partial charge < -0.3 is 24.5 Å². The summed E-state index contributed by atoms with van der Waals surface area (Å²) in [6.07, 6.45) is 1.52. The fraction of sp³-hybridized carbons (Fsp3) is 0.286. The summed E-state index contributed by atoms with van der Waals surface area (Å²) in [6.45, 7) is 3.34. The van der Waals surface area contributed by atoms with Gasteiger partial charge in [-0.2, -0.15) is 4.98 Å². The molecule has 30 heavy (non-hydrogen) atoms. The number of halogens is 1. The number of rotatable bonds is 10. The minimum atomic E-state index is -0.541. The molecule has 0 amide bonds. The summed E-state index contributed by atoms with van der Waals surface area (Å²) in [4.78, 5) is 21.8. The van der Waals surface area contributed by atoms with Gasteiger partial charge in [-0.1, -0.05) is 23.7 Å². The van der Waals surface area contributed by atoms with Gasteiger partial charge in [0.15, 0.2) is 5.76 Å². The molecular formula is C21H23ClN4O4. The number of nitrogens with one attached hydrogen (secondary N) is 2. The van der Waals surface area contributed by atoms with E-state index in [1.807, 2.05) is 18.2 Å². The smallest absolute Gasteiger partial charge is 0.344 e. The molecule has 0 radical (unpaired) electrons. The first-order chi connectivity index (χ1) is 14.6. The molecule has 0 aliphatic heterocycles. The average molecular weight is 431 g/mol. The van der Waals surface area contributed by atoms with Crippen molar-refractivity contribution >= 4 is 29.3 Å². The van der Waals surface area contributed by atoms with Crippen molar-refractivity contribution in [2.24, 2.45) is 0 Å². The average Bonchev–Trinajstić information content (AvgIpc) is 3.27. The molecule has 2 aromatic heterocycles. The van der Waals surface area contributed by atoms with Crippen molar-refractivity contribution in [3.8, 4) is 11.5 Å². The molecule has 8 nitrogen and oxygen atoms in total. The maximum atomic E-state index is 12.8. The van der Waals surface area contributed by atoms with Crippen LogP contribution in [0.15, 0.2) is 47.1 Å². The fourth-order valence-corrected chi connectivity index (χ4v) is 2.97. The lowest BCUT2D eigenvalue weighted by atomic mass is 10.1. The number of methoxy groups -OCH3 is 1. The van der Waals surface area contributed by atoms with Crippen LogP contribution < -0.4 is 10.6 Å². The molecule has 9 heteroatoms. The molecule has 1 aromatic carbocycles. The summed E-state index contributed by atoms with van der Waals surface area (Å²) in [7, 11) is 1.61. The zero-order chi connectivity index (χ0) is 21.3. The lowest BCUT2D eigenvalue weighted by Crippen LogP contribution is -2.17. The lowest BCUT2D eigenvalue weighted by molar-refractivity contribution is 0.0527. The third kappa shape index (κ3) is 5.49. The highest BCUT2D eigenvalue weighted by molar-refractivity contribution is 6.30. The van der Waals surface area contributed by atoms with E-state index in [9.17, 15) is 4.79 Å². The summed E-state index contributed by atoms with van der Waals surface area (Å²) in [5.74, 6) is 0.553. The van der Waals surface area contributed by atoms with Gasteiger partial charge in [-0.25, -0.2) is 9.78 Å². The largest absolute Gasteiger partial charge is 0.463 e. The molecule has 0 unspecified atom stereocenters. The van der Waals surface area contributed by atoms with Crippen LogP contribution in [0.5, 0.6) is 0 Å². The van der Waals surface area contributed by atoms with Crippen LogP contribution in [0.2, 0.25) is 5.02 Å². The number of benzene rings is 1. The first-order valence-electron chi connectivity index (χ1n) is 9.46. The summed E-state index contributed by atoms with van der Waals surface area (Å²) in [6, 6.07) is 10.9. The highest BCUT2D eigenvalue weighted by Crippen LogP contribution is 2.29. The second kappa shape index (κ2) is 10.6. The molecule has 0 saturated carbocycles. The predicted octanol–water partition coefficient (Wildman–Crippen LogP) is 4.24. The van der Waals surface area contributed by atoms with Crippen LogP contribution in [0, 0.1) is 0 Å². The van der Waals surface area contributed by atoms with E-state index in [4.69, 9.17) is 25.5 Å². The molecule has 3 rings (SSSR count). The van der Waals surface area contributed by atoms with E-state index in [0.717, 1.165) is 5.56 Å². The van der Waals surface area contributed by atoms with Crippen molar-refractivity contribution < 1.29 is 18.7 Å². The number of ether oxygens (including phenoxy) is 2. The van der Waals surface area contributed by atoms with Gasteiger partial charge >= 0.3 is 5.97 Å². The molecule has 2 heterocycles. The van der Waals surface area contributed by atoms with E-state index in [-0.39, 0.29) is 12.2 Å². The molecule has 0 saturated heterocycles. The monoisotopic (exact) mass is 430 g/mol. The lowest BCUT2D eigenvalue weighted by Gasteiger charge is -2.15. The normalized spacial score (nSPS) is 10.6. The number of hydrogen-bond donors (Lipinski definition) is 2. The van der Waals surface area contributed by atoms with E-state index in [2.05, 4.69) is 20.6 Å². The summed E-state index contributed by atoms with van der Waals surface area (Å²) in [5.41, 5.74) is 1.47. The number of carbonyl (C=O) groups excluding carboxylic acids is 1. The molecule has 2 N–H and O–H groups in total. The van der Waals surface area contributed by atoms with Crippen molar-refractivity contribution in [3.05, 3.63) is 58.8 Å². The Balaban J connectivity index is 2.02. The molecule has 3 aromatic rings. The highest BCUT2D eigenvalue weighted by atomic mass is 35.5. The Hall–Kier alpha value is -3.10. The maximum absolute atomic E-state index is 12.8. The number of nitrogens with zero attached hydrogens (tertiary/aromatic N) is 2. The van der Waals surface area contributed by atoms with E-state index >= 15 is 0 Å². The topological polar surface area (TPSA) is 98.5 Å². The molecule has 0 aliphatic carbocycles. The predicted molar refractivity (Wildman–Crippen MR) is 115 cm³/mol. The van der Waals surface area contributed by atoms with Crippen molar-refractivity contribution in [3.63, 3.8) is 0 Å². The van der Waals surface area contributed by atoms with Crippen LogP contribution in [0.4, 0.5) is 11.8 Å². The van der Waals surface area contributed by atoms with Gasteiger partial charge in [0.2, 0.25) is 5.95 Å². The molecule has 0 atom stereocenters. The van der Waals surface area contributed by atoms with Crippen molar-refractivity contribution in [1.82, 2.24) is 9.97 Å². The Bertz CT molecular complexity index is 979. The minimum absolute atomic E-state index is 0.200. The number of furan rings is 1. The van der Waals surface area contributed by atoms with Gasteiger partial charge in [-0.15, -0.1) is 0 Å². The molecule has 0 spiro atoms. The summed E-state index contributed by atoms with van der Waals surface area (Å²) >= 11 is 6.08. The second-order valence-corrected chi connectivity index (χ2v) is 6.66. The van der Waals surface area contributed by atoms with E-state index < -0.39 is 5.97 Å². The van der Waals surface area contributed by atoms with Gasteiger partial charge in [0, 0.05) is 25.2 Å².